The second kappa shape index (κ2) is 7.48. The smallest absolute Gasteiger partial charge is 0.226 e. The molecule has 5 aromatic rings. The molecule has 0 atom stereocenters. The topological polar surface area (TPSA) is 52.1 Å². The Hall–Kier alpha value is -3.92. The highest BCUT2D eigenvalue weighted by atomic mass is 16.4. The summed E-state index contributed by atoms with van der Waals surface area (Å²) in [7, 11) is 0. The standard InChI is InChI=1S/C26H20N2O2/c1-17-23(19-9-5-3-6-10-19)29-25(27-17)21-13-15-22(16-14-21)26-28-18(2)24(30-26)20-11-7-4-8-12-20/h3-16H,1-2H3. The summed E-state index contributed by atoms with van der Waals surface area (Å²) >= 11 is 0. The van der Waals surface area contributed by atoms with E-state index in [4.69, 9.17) is 8.83 Å². The van der Waals surface area contributed by atoms with Crippen molar-refractivity contribution in [3.05, 3.63) is 96.3 Å². The van der Waals surface area contributed by atoms with Crippen molar-refractivity contribution in [1.82, 2.24) is 9.97 Å². The van der Waals surface area contributed by atoms with E-state index in [-0.39, 0.29) is 0 Å². The van der Waals surface area contributed by atoms with Crippen LogP contribution >= 0.6 is 0 Å². The molecular formula is C26H20N2O2. The van der Waals surface area contributed by atoms with Gasteiger partial charge >= 0.3 is 0 Å². The van der Waals surface area contributed by atoms with Gasteiger partial charge in [0.25, 0.3) is 0 Å². The molecule has 0 radical (unpaired) electrons. The van der Waals surface area contributed by atoms with Gasteiger partial charge in [0.05, 0.1) is 11.4 Å². The molecule has 0 spiro atoms. The van der Waals surface area contributed by atoms with Crippen LogP contribution in [0.4, 0.5) is 0 Å². The minimum absolute atomic E-state index is 0.603. The molecule has 0 saturated heterocycles. The van der Waals surface area contributed by atoms with Crippen molar-refractivity contribution in [3.8, 4) is 45.6 Å². The van der Waals surface area contributed by atoms with Crippen molar-refractivity contribution in [2.75, 3.05) is 0 Å². The van der Waals surface area contributed by atoms with E-state index in [1.807, 2.05) is 98.8 Å². The summed E-state index contributed by atoms with van der Waals surface area (Å²) in [6.45, 7) is 3.93. The van der Waals surface area contributed by atoms with E-state index < -0.39 is 0 Å². The molecule has 0 saturated carbocycles. The van der Waals surface area contributed by atoms with E-state index >= 15 is 0 Å². The van der Waals surface area contributed by atoms with E-state index in [0.29, 0.717) is 11.8 Å². The first-order valence-electron chi connectivity index (χ1n) is 9.85. The number of nitrogens with zero attached hydrogens (tertiary/aromatic N) is 2. The quantitative estimate of drug-likeness (QED) is 0.332. The van der Waals surface area contributed by atoms with Crippen molar-refractivity contribution in [2.45, 2.75) is 13.8 Å². The van der Waals surface area contributed by atoms with Crippen LogP contribution in [0.3, 0.4) is 0 Å². The minimum Gasteiger partial charge on any atom is -0.436 e. The maximum Gasteiger partial charge on any atom is 0.226 e. The van der Waals surface area contributed by atoms with Crippen molar-refractivity contribution in [2.24, 2.45) is 0 Å². The monoisotopic (exact) mass is 392 g/mol. The second-order valence-corrected chi connectivity index (χ2v) is 7.18. The molecule has 30 heavy (non-hydrogen) atoms. The first-order chi connectivity index (χ1) is 14.7. The summed E-state index contributed by atoms with van der Waals surface area (Å²) < 4.78 is 12.1. The Morgan fingerprint density at radius 2 is 0.833 bits per heavy atom. The highest BCUT2D eigenvalue weighted by molar-refractivity contribution is 5.68. The molecule has 2 heterocycles. The summed E-state index contributed by atoms with van der Waals surface area (Å²) in [4.78, 5) is 9.22. The molecule has 4 nitrogen and oxygen atoms in total. The second-order valence-electron chi connectivity index (χ2n) is 7.18. The molecule has 0 unspecified atom stereocenters. The van der Waals surface area contributed by atoms with Gasteiger partial charge < -0.3 is 8.83 Å². The maximum atomic E-state index is 6.06. The zero-order valence-electron chi connectivity index (χ0n) is 16.8. The minimum atomic E-state index is 0.603. The lowest BCUT2D eigenvalue weighted by atomic mass is 10.1. The number of aryl methyl sites for hydroxylation is 2. The Labute approximate surface area is 174 Å². The number of rotatable bonds is 4. The van der Waals surface area contributed by atoms with E-state index in [1.165, 1.54) is 0 Å². The molecule has 0 fully saturated rings. The molecule has 0 amide bonds. The van der Waals surface area contributed by atoms with Crippen LogP contribution in [0, 0.1) is 13.8 Å². The van der Waals surface area contributed by atoms with Crippen LogP contribution in [0.5, 0.6) is 0 Å². The fourth-order valence-electron chi connectivity index (χ4n) is 3.51. The van der Waals surface area contributed by atoms with Crippen LogP contribution in [0.15, 0.2) is 93.8 Å². The van der Waals surface area contributed by atoms with Crippen LogP contribution in [0.25, 0.3) is 45.6 Å². The third kappa shape index (κ3) is 3.33. The molecule has 2 aromatic heterocycles. The average Bonchev–Trinajstić information content (AvgIpc) is 3.38. The molecule has 0 bridgehead atoms. The largest absolute Gasteiger partial charge is 0.436 e. The first-order valence-corrected chi connectivity index (χ1v) is 9.85. The van der Waals surface area contributed by atoms with Crippen LogP contribution in [0.2, 0.25) is 0 Å². The lowest BCUT2D eigenvalue weighted by Crippen LogP contribution is -1.81. The molecule has 3 aromatic carbocycles. The van der Waals surface area contributed by atoms with Gasteiger partial charge in [-0.1, -0.05) is 60.7 Å². The Morgan fingerprint density at radius 3 is 1.20 bits per heavy atom. The summed E-state index contributed by atoms with van der Waals surface area (Å²) in [5, 5.41) is 0. The van der Waals surface area contributed by atoms with Crippen LogP contribution in [-0.4, -0.2) is 9.97 Å². The summed E-state index contributed by atoms with van der Waals surface area (Å²) in [6.07, 6.45) is 0. The molecule has 0 aliphatic rings. The van der Waals surface area contributed by atoms with Crippen LogP contribution < -0.4 is 0 Å². The Morgan fingerprint density at radius 1 is 0.467 bits per heavy atom. The number of aromatic nitrogens is 2. The van der Waals surface area contributed by atoms with E-state index in [1.54, 1.807) is 0 Å². The Kier molecular flexibility index (Phi) is 4.52. The molecule has 0 N–H and O–H groups in total. The van der Waals surface area contributed by atoms with Gasteiger partial charge in [-0.25, -0.2) is 9.97 Å². The van der Waals surface area contributed by atoms with Gasteiger partial charge in [-0.3, -0.25) is 0 Å². The fraction of sp³-hybridized carbons (Fsp3) is 0.0769. The molecular weight excluding hydrogens is 372 g/mol. The van der Waals surface area contributed by atoms with Gasteiger partial charge in [0, 0.05) is 22.3 Å². The highest BCUT2D eigenvalue weighted by Gasteiger charge is 2.15. The third-order valence-corrected chi connectivity index (χ3v) is 5.04. The number of benzene rings is 3. The average molecular weight is 392 g/mol. The molecule has 4 heteroatoms. The zero-order chi connectivity index (χ0) is 20.5. The van der Waals surface area contributed by atoms with Crippen molar-refractivity contribution in [3.63, 3.8) is 0 Å². The highest BCUT2D eigenvalue weighted by Crippen LogP contribution is 2.32. The fourth-order valence-corrected chi connectivity index (χ4v) is 3.51. The zero-order valence-corrected chi connectivity index (χ0v) is 16.8. The van der Waals surface area contributed by atoms with Gasteiger partial charge in [0.1, 0.15) is 0 Å². The molecule has 0 aliphatic carbocycles. The third-order valence-electron chi connectivity index (χ3n) is 5.04. The van der Waals surface area contributed by atoms with Crippen LogP contribution in [0.1, 0.15) is 11.4 Å². The van der Waals surface area contributed by atoms with Crippen molar-refractivity contribution < 1.29 is 8.83 Å². The van der Waals surface area contributed by atoms with Crippen molar-refractivity contribution >= 4 is 0 Å². The maximum absolute atomic E-state index is 6.06. The number of oxazole rings is 2. The number of hydrogen-bond acceptors (Lipinski definition) is 4. The lowest BCUT2D eigenvalue weighted by Gasteiger charge is -1.99. The SMILES string of the molecule is Cc1nc(-c2ccc(-c3nc(C)c(-c4ccccc4)o3)cc2)oc1-c1ccccc1. The van der Waals surface area contributed by atoms with E-state index in [9.17, 15) is 0 Å². The number of hydrogen-bond donors (Lipinski definition) is 0. The Balaban J connectivity index is 1.45. The van der Waals surface area contributed by atoms with Gasteiger partial charge in [0.2, 0.25) is 11.8 Å². The van der Waals surface area contributed by atoms with E-state index in [0.717, 1.165) is 45.2 Å². The Bertz CT molecular complexity index is 1180. The predicted molar refractivity (Wildman–Crippen MR) is 118 cm³/mol. The molecule has 0 aliphatic heterocycles. The molecule has 146 valence electrons. The van der Waals surface area contributed by atoms with Gasteiger partial charge in [-0.2, -0.15) is 0 Å². The van der Waals surface area contributed by atoms with Crippen molar-refractivity contribution in [1.29, 1.82) is 0 Å². The molecule has 5 rings (SSSR count). The lowest BCUT2D eigenvalue weighted by molar-refractivity contribution is 0.586. The summed E-state index contributed by atoms with van der Waals surface area (Å²) in [6, 6.07) is 28.0. The first kappa shape index (κ1) is 18.1. The van der Waals surface area contributed by atoms with Gasteiger partial charge in [-0.05, 0) is 38.1 Å². The van der Waals surface area contributed by atoms with Gasteiger partial charge in [0.15, 0.2) is 11.5 Å². The normalized spacial score (nSPS) is 11.0. The summed E-state index contributed by atoms with van der Waals surface area (Å²) in [5.74, 6) is 2.80. The predicted octanol–water partition coefficient (Wildman–Crippen LogP) is 6.95. The van der Waals surface area contributed by atoms with E-state index in [2.05, 4.69) is 9.97 Å². The summed E-state index contributed by atoms with van der Waals surface area (Å²) in [5.41, 5.74) is 5.61. The van der Waals surface area contributed by atoms with Gasteiger partial charge in [-0.15, -0.1) is 0 Å². The van der Waals surface area contributed by atoms with Crippen LogP contribution in [-0.2, 0) is 0 Å².